The molecule has 0 saturated carbocycles. The van der Waals surface area contributed by atoms with Crippen LogP contribution in [0.1, 0.15) is 29.2 Å². The van der Waals surface area contributed by atoms with E-state index in [1.807, 2.05) is 54.6 Å². The van der Waals surface area contributed by atoms with Gasteiger partial charge in [0.05, 0.1) is 23.8 Å². The SMILES string of the molecule is COc1ccc(C2=NN(C3=NC(=O)S/C3=C\c3cccnc3)C(c3ccccc3O)C2)cc1. The number of hydrogen-bond acceptors (Lipinski definition) is 7. The van der Waals surface area contributed by atoms with Gasteiger partial charge in [-0.1, -0.05) is 24.3 Å². The van der Waals surface area contributed by atoms with E-state index in [0.29, 0.717) is 17.2 Å². The number of amides is 1. The predicted octanol–water partition coefficient (Wildman–Crippen LogP) is 5.25. The number of hydrogen-bond donors (Lipinski definition) is 1. The van der Waals surface area contributed by atoms with Crippen LogP contribution >= 0.6 is 11.8 Å². The zero-order valence-electron chi connectivity index (χ0n) is 17.8. The fraction of sp³-hybridized carbons (Fsp3) is 0.120. The maximum atomic E-state index is 12.3. The van der Waals surface area contributed by atoms with Gasteiger partial charge in [0.15, 0.2) is 5.84 Å². The summed E-state index contributed by atoms with van der Waals surface area (Å²) in [7, 11) is 1.63. The highest BCUT2D eigenvalue weighted by molar-refractivity contribution is 8.18. The highest BCUT2D eigenvalue weighted by Gasteiger charge is 2.37. The lowest BCUT2D eigenvalue weighted by Gasteiger charge is -2.24. The number of ether oxygens (including phenoxy) is 1. The van der Waals surface area contributed by atoms with Crippen molar-refractivity contribution in [2.75, 3.05) is 7.11 Å². The van der Waals surface area contributed by atoms with Gasteiger partial charge in [0.25, 0.3) is 0 Å². The topological polar surface area (TPSA) is 87.4 Å². The van der Waals surface area contributed by atoms with Crippen LogP contribution in [-0.2, 0) is 0 Å². The van der Waals surface area contributed by atoms with Crippen LogP contribution in [0.25, 0.3) is 6.08 Å². The number of benzene rings is 2. The molecular formula is C25H20N4O3S. The molecule has 33 heavy (non-hydrogen) atoms. The summed E-state index contributed by atoms with van der Waals surface area (Å²) >= 11 is 1.06. The van der Waals surface area contributed by atoms with Gasteiger partial charge >= 0.3 is 5.24 Å². The van der Waals surface area contributed by atoms with Gasteiger partial charge < -0.3 is 9.84 Å². The molecular weight excluding hydrogens is 436 g/mol. The molecule has 0 aliphatic carbocycles. The van der Waals surface area contributed by atoms with Crippen LogP contribution in [0.15, 0.2) is 88.1 Å². The lowest BCUT2D eigenvalue weighted by atomic mass is 9.97. The molecule has 5 rings (SSSR count). The van der Waals surface area contributed by atoms with Gasteiger partial charge in [-0.3, -0.25) is 9.78 Å². The number of methoxy groups -OCH3 is 1. The second-order valence-electron chi connectivity index (χ2n) is 7.50. The first kappa shape index (κ1) is 21.0. The molecule has 0 spiro atoms. The largest absolute Gasteiger partial charge is 0.508 e. The average molecular weight is 457 g/mol. The summed E-state index contributed by atoms with van der Waals surface area (Å²) in [5, 5.41) is 16.9. The van der Waals surface area contributed by atoms with Crippen molar-refractivity contribution in [3.63, 3.8) is 0 Å². The smallest absolute Gasteiger partial charge is 0.311 e. The van der Waals surface area contributed by atoms with Gasteiger partial charge in [0, 0.05) is 24.4 Å². The molecule has 3 aromatic rings. The summed E-state index contributed by atoms with van der Waals surface area (Å²) < 4.78 is 5.27. The highest BCUT2D eigenvalue weighted by atomic mass is 32.2. The number of carbonyl (C=O) groups excluding carboxylic acids is 1. The van der Waals surface area contributed by atoms with Crippen molar-refractivity contribution in [3.8, 4) is 11.5 Å². The number of aliphatic imine (C=N–C) groups is 1. The van der Waals surface area contributed by atoms with E-state index in [4.69, 9.17) is 9.84 Å². The maximum absolute atomic E-state index is 12.3. The van der Waals surface area contributed by atoms with E-state index in [2.05, 4.69) is 9.98 Å². The Morgan fingerprint density at radius 1 is 1.12 bits per heavy atom. The molecule has 1 unspecified atom stereocenters. The number of phenols is 1. The van der Waals surface area contributed by atoms with Crippen molar-refractivity contribution < 1.29 is 14.6 Å². The highest BCUT2D eigenvalue weighted by Crippen LogP contribution is 2.41. The Labute approximate surface area is 195 Å². The van der Waals surface area contributed by atoms with Crippen LogP contribution in [0.4, 0.5) is 4.79 Å². The Balaban J connectivity index is 1.58. The van der Waals surface area contributed by atoms with Gasteiger partial charge in [0.1, 0.15) is 11.5 Å². The summed E-state index contributed by atoms with van der Waals surface area (Å²) in [6, 6.07) is 18.3. The third-order valence-electron chi connectivity index (χ3n) is 5.44. The van der Waals surface area contributed by atoms with Crippen LogP contribution in [0.2, 0.25) is 0 Å². The number of aromatic nitrogens is 1. The van der Waals surface area contributed by atoms with Crippen LogP contribution < -0.4 is 4.74 Å². The van der Waals surface area contributed by atoms with Crippen LogP contribution in [0.3, 0.4) is 0 Å². The minimum absolute atomic E-state index is 0.175. The van der Waals surface area contributed by atoms with Gasteiger partial charge in [-0.2, -0.15) is 10.1 Å². The summed E-state index contributed by atoms with van der Waals surface area (Å²) in [6.45, 7) is 0. The molecule has 7 nitrogen and oxygen atoms in total. The number of nitrogens with zero attached hydrogens (tertiary/aromatic N) is 4. The first-order valence-electron chi connectivity index (χ1n) is 10.3. The molecule has 2 aliphatic rings. The fourth-order valence-corrected chi connectivity index (χ4v) is 4.60. The monoisotopic (exact) mass is 456 g/mol. The van der Waals surface area contributed by atoms with Crippen LogP contribution in [0, 0.1) is 0 Å². The van der Waals surface area contributed by atoms with E-state index in [-0.39, 0.29) is 17.0 Å². The molecule has 0 radical (unpaired) electrons. The van der Waals surface area contributed by atoms with Crippen molar-refractivity contribution in [3.05, 3.63) is 94.7 Å². The van der Waals surface area contributed by atoms with Crippen molar-refractivity contribution in [1.82, 2.24) is 9.99 Å². The number of amidine groups is 1. The summed E-state index contributed by atoms with van der Waals surface area (Å²) in [4.78, 5) is 21.4. The summed E-state index contributed by atoms with van der Waals surface area (Å²) in [5.41, 5.74) is 3.35. The van der Waals surface area contributed by atoms with Crippen molar-refractivity contribution in [1.29, 1.82) is 0 Å². The lowest BCUT2D eigenvalue weighted by molar-refractivity contribution is 0.267. The summed E-state index contributed by atoms with van der Waals surface area (Å²) in [5.74, 6) is 1.40. The van der Waals surface area contributed by atoms with Gasteiger partial charge in [-0.05, 0) is 65.4 Å². The van der Waals surface area contributed by atoms with Gasteiger partial charge in [-0.15, -0.1) is 0 Å². The van der Waals surface area contributed by atoms with Gasteiger partial charge in [0.2, 0.25) is 0 Å². The average Bonchev–Trinajstić information content (AvgIpc) is 3.43. The first-order valence-corrected chi connectivity index (χ1v) is 11.2. The van der Waals surface area contributed by atoms with E-state index in [1.54, 1.807) is 36.6 Å². The molecule has 0 bridgehead atoms. The molecule has 2 aliphatic heterocycles. The number of thioether (sulfide) groups is 1. The standard InChI is InChI=1S/C25H20N4O3S/c1-32-18-10-8-17(9-11-18)20-14-21(19-6-2-3-7-22(19)30)29(28-20)24-23(33-25(31)27-24)13-16-5-4-12-26-15-16/h2-13,15,21,30H,14H2,1H3/b23-13-. The minimum Gasteiger partial charge on any atom is -0.508 e. The van der Waals surface area contributed by atoms with Gasteiger partial charge in [-0.25, -0.2) is 5.01 Å². The fourth-order valence-electron chi connectivity index (χ4n) is 3.85. The number of phenolic OH excluding ortho intramolecular Hbond substituents is 1. The quantitative estimate of drug-likeness (QED) is 0.577. The Bertz CT molecular complexity index is 1290. The van der Waals surface area contributed by atoms with Crippen molar-refractivity contribution in [2.45, 2.75) is 12.5 Å². The Kier molecular flexibility index (Phi) is 5.66. The number of para-hydroxylation sites is 1. The number of rotatable bonds is 4. The van der Waals surface area contributed by atoms with E-state index >= 15 is 0 Å². The third kappa shape index (κ3) is 4.25. The number of pyridine rings is 1. The van der Waals surface area contributed by atoms with Crippen LogP contribution in [-0.4, -0.2) is 39.0 Å². The van der Waals surface area contributed by atoms with Crippen LogP contribution in [0.5, 0.6) is 11.5 Å². The molecule has 8 heteroatoms. The molecule has 3 heterocycles. The molecule has 1 amide bonds. The van der Waals surface area contributed by atoms with Crippen molar-refractivity contribution in [2.24, 2.45) is 10.1 Å². The third-order valence-corrected chi connectivity index (χ3v) is 6.23. The maximum Gasteiger partial charge on any atom is 0.311 e. The lowest BCUT2D eigenvalue weighted by Crippen LogP contribution is -2.26. The Morgan fingerprint density at radius 2 is 1.94 bits per heavy atom. The van der Waals surface area contributed by atoms with E-state index in [1.165, 1.54) is 0 Å². The number of carbonyl (C=O) groups is 1. The normalized spacial score (nSPS) is 19.1. The molecule has 1 N–H and O–H groups in total. The second-order valence-corrected chi connectivity index (χ2v) is 8.49. The van der Waals surface area contributed by atoms with E-state index in [0.717, 1.165) is 39.9 Å². The minimum atomic E-state index is -0.314. The molecule has 2 aromatic carbocycles. The summed E-state index contributed by atoms with van der Waals surface area (Å²) in [6.07, 6.45) is 5.85. The first-order chi connectivity index (χ1) is 16.1. The Morgan fingerprint density at radius 3 is 2.67 bits per heavy atom. The predicted molar refractivity (Wildman–Crippen MR) is 129 cm³/mol. The molecule has 1 aromatic heterocycles. The van der Waals surface area contributed by atoms with E-state index < -0.39 is 0 Å². The molecule has 0 saturated heterocycles. The molecule has 0 fully saturated rings. The van der Waals surface area contributed by atoms with Crippen molar-refractivity contribution >= 4 is 34.6 Å². The Hall–Kier alpha value is -3.91. The molecule has 1 atom stereocenters. The number of hydrazone groups is 1. The number of aromatic hydroxyl groups is 1. The second kappa shape index (κ2) is 8.91. The van der Waals surface area contributed by atoms with E-state index in [9.17, 15) is 9.90 Å². The zero-order valence-corrected chi connectivity index (χ0v) is 18.6. The zero-order chi connectivity index (χ0) is 22.8. The molecule has 164 valence electrons.